The quantitative estimate of drug-likeness (QED) is 0.298. The molecule has 2 aliphatic heterocycles. The maximum atomic E-state index is 13.2. The van der Waals surface area contributed by atoms with Crippen LogP contribution in [0.2, 0.25) is 0 Å². The monoisotopic (exact) mass is 552 g/mol. The standard InChI is InChI=1S/C32H48N4O4/c1-24(2)21-28-23-34(31(39)32(40)36(28)20-17-26-13-7-4-8-14-26)18-10-9-15-27-22-33-29(37)30(38)35(27)19-16-25-11-5-3-6-12-25/h3,5-6,11-12,24,26-28H,4,7-10,13-23H2,1-2H3,(H,33,37)/t27-,28-/m0/s1. The fraction of sp³-hybridized carbons (Fsp3) is 0.688. The van der Waals surface area contributed by atoms with Crippen molar-refractivity contribution < 1.29 is 19.2 Å². The lowest BCUT2D eigenvalue weighted by atomic mass is 9.86. The van der Waals surface area contributed by atoms with Crippen LogP contribution in [0.25, 0.3) is 0 Å². The van der Waals surface area contributed by atoms with Crippen LogP contribution in [0.3, 0.4) is 0 Å². The predicted octanol–water partition coefficient (Wildman–Crippen LogP) is 3.78. The molecule has 8 heteroatoms. The molecule has 4 amide bonds. The Labute approximate surface area is 239 Å². The normalized spacial score (nSPS) is 22.8. The number of piperazine rings is 2. The molecule has 2 heterocycles. The van der Waals surface area contributed by atoms with Gasteiger partial charge in [-0.05, 0) is 55.9 Å². The average molecular weight is 553 g/mol. The summed E-state index contributed by atoms with van der Waals surface area (Å²) in [6.07, 6.45) is 11.3. The Morgan fingerprint density at radius 3 is 2.25 bits per heavy atom. The van der Waals surface area contributed by atoms with Crippen molar-refractivity contribution in [3.05, 3.63) is 35.9 Å². The Balaban J connectivity index is 1.28. The molecule has 0 aromatic heterocycles. The average Bonchev–Trinajstić information content (AvgIpc) is 2.95. The van der Waals surface area contributed by atoms with E-state index in [0.29, 0.717) is 51.0 Å². The fourth-order valence-electron chi connectivity index (χ4n) is 6.69. The number of rotatable bonds is 13. The molecule has 4 rings (SSSR count). The van der Waals surface area contributed by atoms with Crippen molar-refractivity contribution in [1.29, 1.82) is 0 Å². The van der Waals surface area contributed by atoms with Gasteiger partial charge >= 0.3 is 23.6 Å². The Morgan fingerprint density at radius 2 is 1.52 bits per heavy atom. The van der Waals surface area contributed by atoms with Crippen LogP contribution in [-0.4, -0.2) is 83.1 Å². The Morgan fingerprint density at radius 1 is 0.800 bits per heavy atom. The molecule has 1 N–H and O–H groups in total. The van der Waals surface area contributed by atoms with Gasteiger partial charge in [-0.1, -0.05) is 76.3 Å². The summed E-state index contributed by atoms with van der Waals surface area (Å²) in [7, 11) is 0. The molecule has 220 valence electrons. The van der Waals surface area contributed by atoms with E-state index >= 15 is 0 Å². The number of amides is 4. The van der Waals surface area contributed by atoms with E-state index < -0.39 is 11.8 Å². The van der Waals surface area contributed by atoms with Crippen molar-refractivity contribution >= 4 is 23.6 Å². The van der Waals surface area contributed by atoms with Crippen molar-refractivity contribution in [2.75, 3.05) is 32.7 Å². The summed E-state index contributed by atoms with van der Waals surface area (Å²) in [5.74, 6) is -0.572. The minimum atomic E-state index is -0.536. The first-order valence-electron chi connectivity index (χ1n) is 15.6. The zero-order valence-electron chi connectivity index (χ0n) is 24.5. The number of hydrogen-bond donors (Lipinski definition) is 1. The number of carbonyl (C=O) groups is 4. The first kappa shape index (κ1) is 30.1. The van der Waals surface area contributed by atoms with E-state index in [1.807, 2.05) is 35.2 Å². The highest BCUT2D eigenvalue weighted by molar-refractivity contribution is 6.36. The van der Waals surface area contributed by atoms with Crippen molar-refractivity contribution in [2.24, 2.45) is 11.8 Å². The largest absolute Gasteiger partial charge is 0.346 e. The molecule has 40 heavy (non-hydrogen) atoms. The van der Waals surface area contributed by atoms with Gasteiger partial charge in [0.25, 0.3) is 0 Å². The van der Waals surface area contributed by atoms with Gasteiger partial charge in [0.1, 0.15) is 0 Å². The first-order valence-corrected chi connectivity index (χ1v) is 15.6. The molecule has 0 radical (unpaired) electrons. The highest BCUT2D eigenvalue weighted by Crippen LogP contribution is 2.28. The summed E-state index contributed by atoms with van der Waals surface area (Å²) in [5, 5.41) is 2.73. The second-order valence-corrected chi connectivity index (χ2v) is 12.4. The van der Waals surface area contributed by atoms with Gasteiger partial charge in [0.05, 0.1) is 6.04 Å². The molecule has 1 aromatic rings. The van der Waals surface area contributed by atoms with Crippen LogP contribution in [0, 0.1) is 11.8 Å². The molecular formula is C32H48N4O4. The molecule has 3 aliphatic rings. The van der Waals surface area contributed by atoms with Gasteiger partial charge in [-0.25, -0.2) is 0 Å². The van der Waals surface area contributed by atoms with Gasteiger partial charge in [-0.15, -0.1) is 0 Å². The van der Waals surface area contributed by atoms with Crippen molar-refractivity contribution in [1.82, 2.24) is 20.0 Å². The topological polar surface area (TPSA) is 90.0 Å². The van der Waals surface area contributed by atoms with E-state index in [4.69, 9.17) is 0 Å². The molecule has 2 saturated heterocycles. The Kier molecular flexibility index (Phi) is 11.0. The summed E-state index contributed by atoms with van der Waals surface area (Å²) in [5.41, 5.74) is 1.14. The predicted molar refractivity (Wildman–Crippen MR) is 155 cm³/mol. The minimum Gasteiger partial charge on any atom is -0.346 e. The van der Waals surface area contributed by atoms with Gasteiger partial charge in [-0.3, -0.25) is 19.2 Å². The van der Waals surface area contributed by atoms with Crippen LogP contribution in [0.5, 0.6) is 0 Å². The molecular weight excluding hydrogens is 504 g/mol. The van der Waals surface area contributed by atoms with Crippen LogP contribution in [0.4, 0.5) is 0 Å². The molecule has 0 bridgehead atoms. The second-order valence-electron chi connectivity index (χ2n) is 12.4. The molecule has 1 saturated carbocycles. The molecule has 0 spiro atoms. The molecule has 8 nitrogen and oxygen atoms in total. The van der Waals surface area contributed by atoms with E-state index in [-0.39, 0.29) is 23.9 Å². The van der Waals surface area contributed by atoms with E-state index in [0.717, 1.165) is 37.7 Å². The number of benzene rings is 1. The number of nitrogens with one attached hydrogen (secondary N) is 1. The van der Waals surface area contributed by atoms with Crippen molar-refractivity contribution in [2.45, 2.75) is 96.6 Å². The Bertz CT molecular complexity index is 1010. The third-order valence-electron chi connectivity index (χ3n) is 8.94. The summed E-state index contributed by atoms with van der Waals surface area (Å²) in [6.45, 7) is 7.17. The van der Waals surface area contributed by atoms with Crippen LogP contribution in [0.15, 0.2) is 30.3 Å². The number of hydrogen-bond acceptors (Lipinski definition) is 4. The maximum Gasteiger partial charge on any atom is 0.312 e. The van der Waals surface area contributed by atoms with E-state index in [1.54, 1.807) is 9.80 Å². The minimum absolute atomic E-state index is 0.0587. The third kappa shape index (κ3) is 8.07. The van der Waals surface area contributed by atoms with Crippen molar-refractivity contribution in [3.8, 4) is 0 Å². The molecule has 2 atom stereocenters. The first-order chi connectivity index (χ1) is 19.3. The lowest BCUT2D eigenvalue weighted by Crippen LogP contribution is -2.60. The molecule has 0 unspecified atom stereocenters. The van der Waals surface area contributed by atoms with Crippen molar-refractivity contribution in [3.63, 3.8) is 0 Å². The van der Waals surface area contributed by atoms with Gasteiger partial charge < -0.3 is 20.0 Å². The van der Waals surface area contributed by atoms with Crippen LogP contribution >= 0.6 is 0 Å². The van der Waals surface area contributed by atoms with E-state index in [1.165, 1.54) is 32.1 Å². The van der Waals surface area contributed by atoms with Gasteiger partial charge in [0.2, 0.25) is 0 Å². The summed E-state index contributed by atoms with van der Waals surface area (Å²) < 4.78 is 0. The SMILES string of the molecule is CC(C)C[C@H]1CN(CCCC[C@H]2CNC(=O)C(=O)N2CCc2ccccc2)C(=O)C(=O)N1CCC1CCCCC1. The number of nitrogens with zero attached hydrogens (tertiary/aromatic N) is 3. The zero-order chi connectivity index (χ0) is 28.5. The third-order valence-corrected chi connectivity index (χ3v) is 8.94. The van der Waals surface area contributed by atoms with E-state index in [9.17, 15) is 19.2 Å². The Hall–Kier alpha value is -2.90. The lowest BCUT2D eigenvalue weighted by Gasteiger charge is -2.42. The van der Waals surface area contributed by atoms with Crippen LogP contribution in [0.1, 0.15) is 83.6 Å². The van der Waals surface area contributed by atoms with Crippen LogP contribution < -0.4 is 5.32 Å². The molecule has 3 fully saturated rings. The lowest BCUT2D eigenvalue weighted by molar-refractivity contribution is -0.159. The van der Waals surface area contributed by atoms with E-state index in [2.05, 4.69) is 19.2 Å². The maximum absolute atomic E-state index is 13.2. The highest BCUT2D eigenvalue weighted by atomic mass is 16.2. The highest BCUT2D eigenvalue weighted by Gasteiger charge is 2.39. The smallest absolute Gasteiger partial charge is 0.312 e. The zero-order valence-corrected chi connectivity index (χ0v) is 24.5. The summed E-state index contributed by atoms with van der Waals surface area (Å²) in [4.78, 5) is 56.4. The number of carbonyl (C=O) groups excluding carboxylic acids is 4. The molecule has 1 aromatic carbocycles. The van der Waals surface area contributed by atoms with Crippen LogP contribution in [-0.2, 0) is 25.6 Å². The summed E-state index contributed by atoms with van der Waals surface area (Å²) in [6, 6.07) is 10.0. The number of unbranched alkanes of at least 4 members (excludes halogenated alkanes) is 1. The fourth-order valence-corrected chi connectivity index (χ4v) is 6.69. The molecule has 1 aliphatic carbocycles. The van der Waals surface area contributed by atoms with Gasteiger partial charge in [0.15, 0.2) is 0 Å². The van der Waals surface area contributed by atoms with Gasteiger partial charge in [0, 0.05) is 38.8 Å². The van der Waals surface area contributed by atoms with Gasteiger partial charge in [-0.2, -0.15) is 0 Å². The summed E-state index contributed by atoms with van der Waals surface area (Å²) >= 11 is 0. The second kappa shape index (κ2) is 14.6.